The van der Waals surface area contributed by atoms with E-state index in [0.717, 1.165) is 31.4 Å². The highest BCUT2D eigenvalue weighted by Crippen LogP contribution is 2.42. The van der Waals surface area contributed by atoms with Crippen molar-refractivity contribution in [3.63, 3.8) is 0 Å². The van der Waals surface area contributed by atoms with Gasteiger partial charge in [0, 0.05) is 17.7 Å². The molecule has 0 N–H and O–H groups in total. The third kappa shape index (κ3) is 3.21. The number of aromatic nitrogens is 1. The van der Waals surface area contributed by atoms with Gasteiger partial charge in [-0.15, -0.1) is 0 Å². The van der Waals surface area contributed by atoms with Crippen molar-refractivity contribution in [2.24, 2.45) is 0 Å². The summed E-state index contributed by atoms with van der Waals surface area (Å²) in [7, 11) is -3.92. The van der Waals surface area contributed by atoms with E-state index < -0.39 is 32.3 Å². The molecule has 1 aliphatic rings. The number of rotatable bonds is 4. The van der Waals surface area contributed by atoms with Crippen LogP contribution < -0.4 is 0 Å². The lowest BCUT2D eigenvalue weighted by Crippen LogP contribution is -2.11. The Hall–Kier alpha value is -2.16. The molecule has 1 aromatic heterocycles. The van der Waals surface area contributed by atoms with Crippen molar-refractivity contribution in [1.82, 2.24) is 5.16 Å². The molecule has 0 aliphatic heterocycles. The van der Waals surface area contributed by atoms with Crippen molar-refractivity contribution < 1.29 is 30.9 Å². The van der Waals surface area contributed by atoms with Gasteiger partial charge >= 0.3 is 6.18 Å². The lowest BCUT2D eigenvalue weighted by atomic mass is 10.0. The van der Waals surface area contributed by atoms with Gasteiger partial charge in [-0.05, 0) is 31.0 Å². The first-order valence-corrected chi connectivity index (χ1v) is 8.88. The Morgan fingerprint density at radius 3 is 2.46 bits per heavy atom. The summed E-state index contributed by atoms with van der Waals surface area (Å²) in [6.07, 6.45) is -1.22. The Kier molecular flexibility index (Phi) is 3.78. The molecule has 0 spiro atoms. The molecule has 3 rings (SSSR count). The molecule has 2 aromatic rings. The number of carbonyl (C=O) groups excluding carboxylic acids is 1. The Morgan fingerprint density at radius 2 is 1.92 bits per heavy atom. The van der Waals surface area contributed by atoms with Crippen LogP contribution in [0.1, 0.15) is 46.0 Å². The quantitative estimate of drug-likeness (QED) is 0.784. The highest BCUT2D eigenvalue weighted by Gasteiger charge is 2.35. The summed E-state index contributed by atoms with van der Waals surface area (Å²) in [5.41, 5.74) is -1.50. The van der Waals surface area contributed by atoms with Crippen molar-refractivity contribution in [2.45, 2.75) is 29.8 Å². The van der Waals surface area contributed by atoms with E-state index in [1.54, 1.807) is 0 Å². The van der Waals surface area contributed by atoms with Crippen molar-refractivity contribution in [1.29, 1.82) is 0 Å². The summed E-state index contributed by atoms with van der Waals surface area (Å²) in [4.78, 5) is 12.0. The van der Waals surface area contributed by atoms with Gasteiger partial charge in [-0.2, -0.15) is 13.2 Å². The van der Waals surface area contributed by atoms with Gasteiger partial charge < -0.3 is 4.52 Å². The van der Waals surface area contributed by atoms with Crippen LogP contribution >= 0.6 is 0 Å². The molecule has 0 radical (unpaired) electrons. The van der Waals surface area contributed by atoms with Crippen LogP contribution in [0.2, 0.25) is 0 Å². The zero-order valence-electron chi connectivity index (χ0n) is 12.4. The molecule has 0 saturated heterocycles. The number of halogens is 3. The largest absolute Gasteiger partial charge is 0.416 e. The Labute approximate surface area is 135 Å². The van der Waals surface area contributed by atoms with Gasteiger partial charge in [0.2, 0.25) is 0 Å². The molecular formula is C15H12F3NO4S. The van der Waals surface area contributed by atoms with E-state index in [1.165, 1.54) is 0 Å². The zero-order chi connectivity index (χ0) is 17.7. The topological polar surface area (TPSA) is 77.2 Å². The maximum atomic E-state index is 13.0. The third-order valence-electron chi connectivity index (χ3n) is 3.72. The van der Waals surface area contributed by atoms with Gasteiger partial charge in [0.1, 0.15) is 0 Å². The number of ketones is 1. The van der Waals surface area contributed by atoms with Crippen LogP contribution in [0.15, 0.2) is 33.8 Å². The number of hydrogen-bond donors (Lipinski definition) is 0. The second-order valence-electron chi connectivity index (χ2n) is 5.72. The van der Waals surface area contributed by atoms with E-state index in [-0.39, 0.29) is 17.0 Å². The van der Waals surface area contributed by atoms with Crippen molar-refractivity contribution >= 4 is 15.6 Å². The van der Waals surface area contributed by atoms with Gasteiger partial charge in [-0.3, -0.25) is 4.79 Å². The van der Waals surface area contributed by atoms with Crippen molar-refractivity contribution in [3.05, 3.63) is 46.8 Å². The molecule has 1 aromatic carbocycles. The van der Waals surface area contributed by atoms with Crippen molar-refractivity contribution in [3.8, 4) is 0 Å². The molecule has 1 aliphatic carbocycles. The molecule has 5 nitrogen and oxygen atoms in total. The number of benzene rings is 1. The lowest BCUT2D eigenvalue weighted by molar-refractivity contribution is -0.137. The zero-order valence-corrected chi connectivity index (χ0v) is 13.2. The summed E-state index contributed by atoms with van der Waals surface area (Å²) < 4.78 is 67.4. The number of alkyl halides is 3. The normalized spacial score (nSPS) is 15.5. The van der Waals surface area contributed by atoms with Crippen LogP contribution in [0, 0.1) is 0 Å². The summed E-state index contributed by atoms with van der Waals surface area (Å²) in [5, 5.41) is 3.54. The van der Waals surface area contributed by atoms with Crippen LogP contribution in [-0.2, 0) is 16.0 Å². The van der Waals surface area contributed by atoms with E-state index in [9.17, 15) is 26.4 Å². The average Bonchev–Trinajstić information content (AvgIpc) is 3.21. The van der Waals surface area contributed by atoms with Gasteiger partial charge in [-0.25, -0.2) is 8.42 Å². The smallest absolute Gasteiger partial charge is 0.360 e. The maximum Gasteiger partial charge on any atom is 0.416 e. The average molecular weight is 359 g/mol. The van der Waals surface area contributed by atoms with E-state index in [2.05, 4.69) is 5.16 Å². The highest BCUT2D eigenvalue weighted by molar-refractivity contribution is 7.90. The number of sulfone groups is 1. The van der Waals surface area contributed by atoms with E-state index >= 15 is 0 Å². The Bertz CT molecular complexity index is 911. The summed E-state index contributed by atoms with van der Waals surface area (Å²) in [6.45, 7) is 0. The maximum absolute atomic E-state index is 13.0. The number of hydrogen-bond acceptors (Lipinski definition) is 5. The Balaban J connectivity index is 2.12. The Morgan fingerprint density at radius 1 is 1.25 bits per heavy atom. The molecule has 0 atom stereocenters. The molecule has 128 valence electrons. The molecule has 0 bridgehead atoms. The standard InChI is InChI=1S/C15H12F3NO4S/c1-24(21,22)11-5-9(4-10(6-11)15(16,17)18)13(20)12-7-19-23-14(12)8-2-3-8/h4-8H,2-3H2,1H3. The minimum atomic E-state index is -4.77. The summed E-state index contributed by atoms with van der Waals surface area (Å²) >= 11 is 0. The summed E-state index contributed by atoms with van der Waals surface area (Å²) in [6, 6.07) is 2.10. The van der Waals surface area contributed by atoms with Gasteiger partial charge in [-0.1, -0.05) is 5.16 Å². The fourth-order valence-corrected chi connectivity index (χ4v) is 3.00. The predicted molar refractivity (Wildman–Crippen MR) is 76.5 cm³/mol. The fraction of sp³-hybridized carbons (Fsp3) is 0.333. The molecule has 24 heavy (non-hydrogen) atoms. The number of carbonyl (C=O) groups is 1. The first-order valence-electron chi connectivity index (χ1n) is 6.99. The molecule has 9 heteroatoms. The fourth-order valence-electron chi connectivity index (χ4n) is 2.32. The van der Waals surface area contributed by atoms with E-state index in [1.807, 2.05) is 0 Å². The van der Waals surface area contributed by atoms with Gasteiger partial charge in [0.25, 0.3) is 0 Å². The van der Waals surface area contributed by atoms with Crippen LogP contribution in [0.3, 0.4) is 0 Å². The molecule has 0 amide bonds. The van der Waals surface area contributed by atoms with Crippen LogP contribution in [0.25, 0.3) is 0 Å². The first-order chi connectivity index (χ1) is 11.1. The van der Waals surface area contributed by atoms with Gasteiger partial charge in [0.15, 0.2) is 21.4 Å². The molecule has 1 saturated carbocycles. The SMILES string of the molecule is CS(=O)(=O)c1cc(C(=O)c2cnoc2C2CC2)cc(C(F)(F)F)c1. The lowest BCUT2D eigenvalue weighted by Gasteiger charge is -2.11. The summed E-state index contributed by atoms with van der Waals surface area (Å²) in [5.74, 6) is -0.376. The van der Waals surface area contributed by atoms with E-state index in [0.29, 0.717) is 17.9 Å². The predicted octanol–water partition coefficient (Wildman–Crippen LogP) is 3.21. The number of nitrogens with zero attached hydrogens (tertiary/aromatic N) is 1. The van der Waals surface area contributed by atoms with Gasteiger partial charge in [0.05, 0.1) is 22.2 Å². The van der Waals surface area contributed by atoms with Crippen LogP contribution in [0.5, 0.6) is 0 Å². The monoisotopic (exact) mass is 359 g/mol. The minimum absolute atomic E-state index is 0.0339. The second kappa shape index (κ2) is 5.44. The van der Waals surface area contributed by atoms with Crippen molar-refractivity contribution in [2.75, 3.05) is 6.26 Å². The minimum Gasteiger partial charge on any atom is -0.360 e. The van der Waals surface area contributed by atoms with Crippen LogP contribution in [0.4, 0.5) is 13.2 Å². The molecule has 0 unspecified atom stereocenters. The first kappa shape index (κ1) is 16.7. The molecule has 1 fully saturated rings. The third-order valence-corrected chi connectivity index (χ3v) is 4.81. The molecule has 1 heterocycles. The molecular weight excluding hydrogens is 347 g/mol. The van der Waals surface area contributed by atoms with Crippen LogP contribution in [-0.4, -0.2) is 25.6 Å². The van der Waals surface area contributed by atoms with E-state index in [4.69, 9.17) is 4.52 Å². The second-order valence-corrected chi connectivity index (χ2v) is 7.74. The highest BCUT2D eigenvalue weighted by atomic mass is 32.2.